The highest BCUT2D eigenvalue weighted by Crippen LogP contribution is 2.35. The molecule has 8 heteroatoms. The van der Waals surface area contributed by atoms with Crippen LogP contribution in [0.4, 0.5) is 5.69 Å². The molecule has 21 heavy (non-hydrogen) atoms. The number of benzene rings is 2. The number of non-ortho nitro benzene ring substituents is 1. The van der Waals surface area contributed by atoms with Gasteiger partial charge in [0.25, 0.3) is 5.69 Å². The van der Waals surface area contributed by atoms with Crippen molar-refractivity contribution >= 4 is 34.7 Å². The average molecular weight is 326 g/mol. The van der Waals surface area contributed by atoms with Gasteiger partial charge in [0.05, 0.1) is 15.0 Å². The Morgan fingerprint density at radius 2 is 1.71 bits per heavy atom. The first kappa shape index (κ1) is 15.1. The van der Waals surface area contributed by atoms with Crippen molar-refractivity contribution in [3.8, 4) is 11.5 Å². The van der Waals surface area contributed by atoms with E-state index in [0.717, 1.165) is 0 Å². The Hall–Kier alpha value is -2.31. The molecule has 0 fully saturated rings. The van der Waals surface area contributed by atoms with E-state index in [1.165, 1.54) is 30.3 Å². The van der Waals surface area contributed by atoms with Crippen molar-refractivity contribution in [3.63, 3.8) is 0 Å². The summed E-state index contributed by atoms with van der Waals surface area (Å²) in [6, 6.07) is 8.45. The van der Waals surface area contributed by atoms with Crippen LogP contribution in [0.15, 0.2) is 36.4 Å². The van der Waals surface area contributed by atoms with Crippen LogP contribution >= 0.6 is 23.2 Å². The highest BCUT2D eigenvalue weighted by atomic mass is 35.5. The fourth-order valence-electron chi connectivity index (χ4n) is 1.56. The molecule has 0 aliphatic heterocycles. The van der Waals surface area contributed by atoms with Gasteiger partial charge >= 0.3 is 0 Å². The minimum absolute atomic E-state index is 0.0934. The first-order chi connectivity index (χ1) is 9.88. The Labute approximate surface area is 129 Å². The second kappa shape index (κ2) is 5.99. The van der Waals surface area contributed by atoms with E-state index >= 15 is 0 Å². The summed E-state index contributed by atoms with van der Waals surface area (Å²) in [4.78, 5) is 10.1. The second-order valence-corrected chi connectivity index (χ2v) is 4.85. The molecular formula is C13H9Cl2N3O3. The monoisotopic (exact) mass is 325 g/mol. The Bertz CT molecular complexity index is 673. The van der Waals surface area contributed by atoms with Crippen LogP contribution in [0, 0.1) is 15.5 Å². The van der Waals surface area contributed by atoms with Gasteiger partial charge in [0.15, 0.2) is 0 Å². The van der Waals surface area contributed by atoms with Gasteiger partial charge in [-0.1, -0.05) is 23.2 Å². The lowest BCUT2D eigenvalue weighted by Gasteiger charge is -2.10. The normalized spacial score (nSPS) is 10.2. The van der Waals surface area contributed by atoms with Crippen molar-refractivity contribution in [2.45, 2.75) is 0 Å². The van der Waals surface area contributed by atoms with E-state index in [0.29, 0.717) is 11.3 Å². The Morgan fingerprint density at radius 1 is 1.14 bits per heavy atom. The Morgan fingerprint density at radius 3 is 2.19 bits per heavy atom. The molecule has 108 valence electrons. The Kier molecular flexibility index (Phi) is 4.30. The van der Waals surface area contributed by atoms with Crippen molar-refractivity contribution in [1.82, 2.24) is 0 Å². The molecule has 0 unspecified atom stereocenters. The molecule has 0 heterocycles. The molecule has 2 aromatic rings. The summed E-state index contributed by atoms with van der Waals surface area (Å²) >= 11 is 12.0. The summed E-state index contributed by atoms with van der Waals surface area (Å²) in [5, 5.41) is 18.3. The lowest BCUT2D eigenvalue weighted by atomic mass is 10.2. The molecule has 0 atom stereocenters. The molecule has 0 spiro atoms. The largest absolute Gasteiger partial charge is 0.454 e. The van der Waals surface area contributed by atoms with Gasteiger partial charge in [-0.05, 0) is 24.3 Å². The summed E-state index contributed by atoms with van der Waals surface area (Å²) in [6.45, 7) is 0. The number of ether oxygens (including phenoxy) is 1. The molecule has 6 nitrogen and oxygen atoms in total. The van der Waals surface area contributed by atoms with Crippen molar-refractivity contribution in [2.24, 2.45) is 5.73 Å². The van der Waals surface area contributed by atoms with Crippen LogP contribution in [0.3, 0.4) is 0 Å². The van der Waals surface area contributed by atoms with Gasteiger partial charge in [0, 0.05) is 17.7 Å². The molecule has 0 bridgehead atoms. The number of nitrogens with one attached hydrogen (secondary N) is 1. The quantitative estimate of drug-likeness (QED) is 0.384. The van der Waals surface area contributed by atoms with Gasteiger partial charge in [0.1, 0.15) is 17.3 Å². The molecule has 3 N–H and O–H groups in total. The van der Waals surface area contributed by atoms with Gasteiger partial charge in [-0.15, -0.1) is 0 Å². The maximum atomic E-state index is 10.6. The molecule has 0 saturated heterocycles. The summed E-state index contributed by atoms with van der Waals surface area (Å²) in [7, 11) is 0. The van der Waals surface area contributed by atoms with Gasteiger partial charge in [0.2, 0.25) is 0 Å². The van der Waals surface area contributed by atoms with Gasteiger partial charge in [-0.2, -0.15) is 0 Å². The second-order valence-electron chi connectivity index (χ2n) is 4.03. The molecule has 0 aromatic heterocycles. The molecule has 2 aromatic carbocycles. The molecule has 0 radical (unpaired) electrons. The van der Waals surface area contributed by atoms with E-state index in [2.05, 4.69) is 0 Å². The lowest BCUT2D eigenvalue weighted by molar-refractivity contribution is -0.384. The summed E-state index contributed by atoms with van der Waals surface area (Å²) in [5.41, 5.74) is 5.68. The molecular weight excluding hydrogens is 317 g/mol. The van der Waals surface area contributed by atoms with Crippen molar-refractivity contribution in [2.75, 3.05) is 0 Å². The number of hydrogen-bond donors (Lipinski definition) is 2. The van der Waals surface area contributed by atoms with Gasteiger partial charge in [-0.25, -0.2) is 0 Å². The number of nitro benzene ring substituents is 1. The maximum absolute atomic E-state index is 10.6. The van der Waals surface area contributed by atoms with Crippen molar-refractivity contribution in [3.05, 3.63) is 62.1 Å². The fourth-order valence-corrected chi connectivity index (χ4v) is 1.99. The van der Waals surface area contributed by atoms with E-state index in [4.69, 9.17) is 39.1 Å². The van der Waals surface area contributed by atoms with Crippen LogP contribution in [0.1, 0.15) is 5.56 Å². The first-order valence-corrected chi connectivity index (χ1v) is 6.40. The van der Waals surface area contributed by atoms with Crippen LogP contribution in [-0.2, 0) is 0 Å². The first-order valence-electron chi connectivity index (χ1n) is 5.64. The number of nitrogen functional groups attached to an aromatic ring is 1. The predicted octanol–water partition coefficient (Wildman–Crippen LogP) is 3.98. The third kappa shape index (κ3) is 3.42. The number of halogens is 2. The van der Waals surface area contributed by atoms with E-state index in [9.17, 15) is 10.1 Å². The highest BCUT2D eigenvalue weighted by Gasteiger charge is 2.12. The molecule has 0 aliphatic carbocycles. The molecule has 0 aliphatic rings. The summed E-state index contributed by atoms with van der Waals surface area (Å²) in [6.07, 6.45) is 0. The maximum Gasteiger partial charge on any atom is 0.271 e. The lowest BCUT2D eigenvalue weighted by Crippen LogP contribution is -2.10. The number of rotatable bonds is 4. The fraction of sp³-hybridized carbons (Fsp3) is 0. The molecule has 0 amide bonds. The van der Waals surface area contributed by atoms with Gasteiger partial charge < -0.3 is 10.5 Å². The van der Waals surface area contributed by atoms with E-state index < -0.39 is 4.92 Å². The topological polar surface area (TPSA) is 102 Å². The molecule has 0 saturated carbocycles. The summed E-state index contributed by atoms with van der Waals surface area (Å²) in [5.74, 6) is 0.425. The number of amidine groups is 1. The average Bonchev–Trinajstić information content (AvgIpc) is 2.42. The Balaban J connectivity index is 2.30. The number of nitro groups is 1. The van der Waals surface area contributed by atoms with Crippen LogP contribution in [0.2, 0.25) is 10.0 Å². The zero-order chi connectivity index (χ0) is 15.6. The van der Waals surface area contributed by atoms with Crippen LogP contribution < -0.4 is 10.5 Å². The SMILES string of the molecule is N=C(N)c1ccc(Oc2ccc([N+](=O)[O-])cc2Cl)c(Cl)c1. The van der Waals surface area contributed by atoms with Gasteiger partial charge in [-0.3, -0.25) is 15.5 Å². The predicted molar refractivity (Wildman–Crippen MR) is 80.6 cm³/mol. The molecule has 2 rings (SSSR count). The minimum Gasteiger partial charge on any atom is -0.454 e. The number of hydrogen-bond acceptors (Lipinski definition) is 4. The van der Waals surface area contributed by atoms with Crippen LogP contribution in [0.5, 0.6) is 11.5 Å². The van der Waals surface area contributed by atoms with Crippen LogP contribution in [-0.4, -0.2) is 10.8 Å². The van der Waals surface area contributed by atoms with E-state index in [1.807, 2.05) is 0 Å². The number of nitrogens with zero attached hydrogens (tertiary/aromatic N) is 1. The van der Waals surface area contributed by atoms with E-state index in [-0.39, 0.29) is 27.3 Å². The van der Waals surface area contributed by atoms with Crippen LogP contribution in [0.25, 0.3) is 0 Å². The smallest absolute Gasteiger partial charge is 0.271 e. The zero-order valence-electron chi connectivity index (χ0n) is 10.5. The van der Waals surface area contributed by atoms with Crippen molar-refractivity contribution < 1.29 is 9.66 Å². The summed E-state index contributed by atoms with van der Waals surface area (Å²) < 4.78 is 5.51. The van der Waals surface area contributed by atoms with Crippen molar-refractivity contribution in [1.29, 1.82) is 5.41 Å². The minimum atomic E-state index is -0.551. The van der Waals surface area contributed by atoms with E-state index in [1.54, 1.807) is 6.07 Å². The standard InChI is InChI=1S/C13H9Cl2N3O3/c14-9-5-7(13(16)17)1-3-11(9)21-12-4-2-8(18(19)20)6-10(12)15/h1-6H,(H3,16,17). The zero-order valence-corrected chi connectivity index (χ0v) is 12.0. The number of nitrogens with two attached hydrogens (primary N) is 1. The third-order valence-electron chi connectivity index (χ3n) is 2.59. The third-order valence-corrected chi connectivity index (χ3v) is 3.18. The highest BCUT2D eigenvalue weighted by molar-refractivity contribution is 6.33.